The average Bonchev–Trinajstić information content (AvgIpc) is 2.75. The molecule has 0 radical (unpaired) electrons. The average molecular weight is 340 g/mol. The van der Waals surface area contributed by atoms with Gasteiger partial charge in [-0.3, -0.25) is 4.79 Å². The highest BCUT2D eigenvalue weighted by Gasteiger charge is 2.62. The standard InChI is InChI=1S/C15H20N2O5S/c1-21-9-14(18)17-10-15(11-17)12(5-7-23(15,19)20)8-22-13-4-2-3-6-16-13/h2-4,6,12H,5,7-11H2,1H3/t12-/m0/s1. The number of ether oxygens (including phenoxy) is 2. The fraction of sp³-hybridized carbons (Fsp3) is 0.600. The second-order valence-corrected chi connectivity index (χ2v) is 8.48. The highest BCUT2D eigenvalue weighted by Crippen LogP contribution is 2.44. The molecule has 23 heavy (non-hydrogen) atoms. The van der Waals surface area contributed by atoms with Gasteiger partial charge < -0.3 is 14.4 Å². The highest BCUT2D eigenvalue weighted by atomic mass is 32.2. The SMILES string of the molecule is COCC(=O)N1CC2(C1)[C@H](COc1ccccn1)CCS2(=O)=O. The Bertz CT molecular complexity index is 670. The summed E-state index contributed by atoms with van der Waals surface area (Å²) in [6.07, 6.45) is 2.19. The van der Waals surface area contributed by atoms with E-state index in [-0.39, 0.29) is 37.3 Å². The number of hydrogen-bond donors (Lipinski definition) is 0. The Hall–Kier alpha value is -1.67. The van der Waals surface area contributed by atoms with Gasteiger partial charge in [0.1, 0.15) is 11.4 Å². The van der Waals surface area contributed by atoms with Crippen LogP contribution in [0.4, 0.5) is 0 Å². The molecule has 2 fully saturated rings. The Morgan fingerprint density at radius 1 is 1.43 bits per heavy atom. The van der Waals surface area contributed by atoms with Gasteiger partial charge in [-0.15, -0.1) is 0 Å². The van der Waals surface area contributed by atoms with Gasteiger partial charge in [0.15, 0.2) is 9.84 Å². The quantitative estimate of drug-likeness (QED) is 0.757. The third-order valence-corrected chi connectivity index (χ3v) is 7.31. The van der Waals surface area contributed by atoms with Crippen molar-refractivity contribution in [3.63, 3.8) is 0 Å². The van der Waals surface area contributed by atoms with E-state index in [9.17, 15) is 13.2 Å². The van der Waals surface area contributed by atoms with Crippen molar-refractivity contribution in [2.24, 2.45) is 5.92 Å². The van der Waals surface area contributed by atoms with Crippen LogP contribution in [0.15, 0.2) is 24.4 Å². The fourth-order valence-corrected chi connectivity index (χ4v) is 5.72. The van der Waals surface area contributed by atoms with Crippen LogP contribution in [0, 0.1) is 5.92 Å². The molecule has 3 heterocycles. The van der Waals surface area contributed by atoms with Crippen molar-refractivity contribution in [3.8, 4) is 5.88 Å². The third-order valence-electron chi connectivity index (χ3n) is 4.71. The number of carbonyl (C=O) groups excluding carboxylic acids is 1. The lowest BCUT2D eigenvalue weighted by Gasteiger charge is -2.49. The number of rotatable bonds is 5. The molecule has 1 spiro atoms. The van der Waals surface area contributed by atoms with Crippen LogP contribution in [0.2, 0.25) is 0 Å². The summed E-state index contributed by atoms with van der Waals surface area (Å²) in [5, 5.41) is 0. The monoisotopic (exact) mass is 340 g/mol. The Morgan fingerprint density at radius 2 is 2.22 bits per heavy atom. The number of hydrogen-bond acceptors (Lipinski definition) is 6. The number of amides is 1. The summed E-state index contributed by atoms with van der Waals surface area (Å²) in [7, 11) is -1.77. The maximum atomic E-state index is 12.5. The Kier molecular flexibility index (Phi) is 4.29. The number of aromatic nitrogens is 1. The summed E-state index contributed by atoms with van der Waals surface area (Å²) in [5.74, 6) is 0.333. The highest BCUT2D eigenvalue weighted by molar-refractivity contribution is 7.93. The van der Waals surface area contributed by atoms with Crippen LogP contribution in [-0.4, -0.2) is 68.1 Å². The van der Waals surface area contributed by atoms with E-state index in [4.69, 9.17) is 9.47 Å². The lowest BCUT2D eigenvalue weighted by molar-refractivity contribution is -0.141. The first-order valence-electron chi connectivity index (χ1n) is 7.51. The fourth-order valence-electron chi connectivity index (χ4n) is 3.32. The summed E-state index contributed by atoms with van der Waals surface area (Å²) in [6.45, 7) is 0.731. The Balaban J connectivity index is 1.68. The van der Waals surface area contributed by atoms with Crippen LogP contribution in [0.1, 0.15) is 6.42 Å². The molecule has 0 N–H and O–H groups in total. The normalized spacial score (nSPS) is 24.4. The van der Waals surface area contributed by atoms with Crippen molar-refractivity contribution >= 4 is 15.7 Å². The van der Waals surface area contributed by atoms with Crippen molar-refractivity contribution in [1.29, 1.82) is 0 Å². The van der Waals surface area contributed by atoms with Gasteiger partial charge in [-0.05, 0) is 12.5 Å². The van der Waals surface area contributed by atoms with Gasteiger partial charge in [-0.25, -0.2) is 13.4 Å². The minimum absolute atomic E-state index is 0.0226. The molecule has 0 aromatic carbocycles. The molecule has 0 aliphatic carbocycles. The van der Waals surface area contributed by atoms with E-state index in [1.54, 1.807) is 23.2 Å². The largest absolute Gasteiger partial charge is 0.477 e. The number of likely N-dealkylation sites (tertiary alicyclic amines) is 1. The second-order valence-electron chi connectivity index (χ2n) is 6.03. The van der Waals surface area contributed by atoms with Crippen LogP contribution in [0.25, 0.3) is 0 Å². The van der Waals surface area contributed by atoms with E-state index in [1.807, 2.05) is 6.07 Å². The van der Waals surface area contributed by atoms with Crippen molar-refractivity contribution in [1.82, 2.24) is 9.88 Å². The summed E-state index contributed by atoms with van der Waals surface area (Å²) >= 11 is 0. The van der Waals surface area contributed by atoms with Gasteiger partial charge in [0.05, 0.1) is 12.4 Å². The topological polar surface area (TPSA) is 85.8 Å². The lowest BCUT2D eigenvalue weighted by atomic mass is 9.83. The number of methoxy groups -OCH3 is 1. The molecule has 1 amide bonds. The number of nitrogens with zero attached hydrogens (tertiary/aromatic N) is 2. The van der Waals surface area contributed by atoms with Crippen LogP contribution < -0.4 is 4.74 Å². The molecule has 1 aromatic rings. The number of pyridine rings is 1. The van der Waals surface area contributed by atoms with Crippen LogP contribution >= 0.6 is 0 Å². The molecule has 2 saturated heterocycles. The Labute approximate surface area is 135 Å². The second kappa shape index (κ2) is 6.09. The molecule has 1 aromatic heterocycles. The van der Waals surface area contributed by atoms with Crippen molar-refractivity contribution in [2.75, 3.05) is 39.2 Å². The first-order valence-corrected chi connectivity index (χ1v) is 9.16. The summed E-state index contributed by atoms with van der Waals surface area (Å²) in [4.78, 5) is 17.5. The van der Waals surface area contributed by atoms with Gasteiger partial charge in [0.25, 0.3) is 0 Å². The zero-order chi connectivity index (χ0) is 16.5. The molecular weight excluding hydrogens is 320 g/mol. The minimum atomic E-state index is -3.22. The lowest BCUT2D eigenvalue weighted by Crippen LogP contribution is -2.69. The zero-order valence-corrected chi connectivity index (χ0v) is 13.8. The van der Waals surface area contributed by atoms with E-state index >= 15 is 0 Å². The molecule has 2 aliphatic rings. The van der Waals surface area contributed by atoms with E-state index < -0.39 is 14.6 Å². The van der Waals surface area contributed by atoms with Gasteiger partial charge in [-0.1, -0.05) is 6.07 Å². The Morgan fingerprint density at radius 3 is 2.87 bits per heavy atom. The van der Waals surface area contributed by atoms with Gasteiger partial charge in [0.2, 0.25) is 11.8 Å². The smallest absolute Gasteiger partial charge is 0.248 e. The predicted octanol–water partition coefficient (Wildman–Crippen LogP) is 0.123. The molecule has 0 unspecified atom stereocenters. The number of sulfone groups is 1. The minimum Gasteiger partial charge on any atom is -0.477 e. The van der Waals surface area contributed by atoms with Crippen LogP contribution in [0.5, 0.6) is 5.88 Å². The van der Waals surface area contributed by atoms with E-state index in [1.165, 1.54) is 7.11 Å². The first kappa shape index (κ1) is 16.2. The molecule has 2 aliphatic heterocycles. The molecule has 0 bridgehead atoms. The van der Waals surface area contributed by atoms with Crippen molar-refractivity contribution in [3.05, 3.63) is 24.4 Å². The molecule has 1 atom stereocenters. The zero-order valence-electron chi connectivity index (χ0n) is 13.0. The molecule has 0 saturated carbocycles. The molecular formula is C15H20N2O5S. The predicted molar refractivity (Wildman–Crippen MR) is 82.8 cm³/mol. The molecule has 3 rings (SSSR count). The van der Waals surface area contributed by atoms with Crippen LogP contribution in [0.3, 0.4) is 0 Å². The molecule has 7 nitrogen and oxygen atoms in total. The van der Waals surface area contributed by atoms with Crippen LogP contribution in [-0.2, 0) is 19.4 Å². The maximum Gasteiger partial charge on any atom is 0.248 e. The molecule has 126 valence electrons. The van der Waals surface area contributed by atoms with Gasteiger partial charge >= 0.3 is 0 Å². The summed E-state index contributed by atoms with van der Waals surface area (Å²) < 4.78 is 34.6. The summed E-state index contributed by atoms with van der Waals surface area (Å²) in [6, 6.07) is 5.35. The first-order chi connectivity index (χ1) is 11.0. The van der Waals surface area contributed by atoms with Gasteiger partial charge in [-0.2, -0.15) is 0 Å². The summed E-state index contributed by atoms with van der Waals surface area (Å²) in [5.41, 5.74) is 0. The van der Waals surface area contributed by atoms with E-state index in [0.717, 1.165) is 0 Å². The molecule has 8 heteroatoms. The number of carbonyl (C=O) groups is 1. The third kappa shape index (κ3) is 2.81. The van der Waals surface area contributed by atoms with Crippen molar-refractivity contribution in [2.45, 2.75) is 11.2 Å². The maximum absolute atomic E-state index is 12.5. The van der Waals surface area contributed by atoms with E-state index in [0.29, 0.717) is 18.9 Å². The van der Waals surface area contributed by atoms with E-state index in [2.05, 4.69) is 4.98 Å². The van der Waals surface area contributed by atoms with Gasteiger partial charge in [0, 0.05) is 38.4 Å². The van der Waals surface area contributed by atoms with Crippen molar-refractivity contribution < 1.29 is 22.7 Å².